The smallest absolute Gasteiger partial charge is 0.275 e. The molecule has 0 bridgehead atoms. The Bertz CT molecular complexity index is 710. The molecule has 108 valence electrons. The Hall–Kier alpha value is -2.16. The molecular formula is C16H17N3OS. The molecule has 0 atom stereocenters. The summed E-state index contributed by atoms with van der Waals surface area (Å²) in [5.41, 5.74) is 8.56. The third kappa shape index (κ3) is 3.91. The van der Waals surface area contributed by atoms with Crippen molar-refractivity contribution in [2.45, 2.75) is 20.3 Å². The molecule has 0 unspecified atom stereocenters. The molecule has 2 rings (SSSR count). The minimum atomic E-state index is -0.185. The molecule has 0 saturated carbocycles. The van der Waals surface area contributed by atoms with Gasteiger partial charge >= 0.3 is 0 Å². The van der Waals surface area contributed by atoms with E-state index in [1.54, 1.807) is 5.38 Å². The van der Waals surface area contributed by atoms with Crippen molar-refractivity contribution in [2.75, 3.05) is 11.9 Å². The number of anilines is 1. The Morgan fingerprint density at radius 2 is 2.29 bits per heavy atom. The van der Waals surface area contributed by atoms with Crippen molar-refractivity contribution < 1.29 is 4.79 Å². The van der Waals surface area contributed by atoms with E-state index in [-0.39, 0.29) is 5.91 Å². The van der Waals surface area contributed by atoms with Gasteiger partial charge in [0.15, 0.2) is 0 Å². The molecule has 0 aliphatic rings. The standard InChI is InChI=1S/C16H17N3OS/c1-3-13-9-12(5-4-8-17)6-7-14(13)19-16(20)15-10-21-11(2)18-15/h6-7,9-10H,3,8,17H2,1-2H3,(H,19,20). The first kappa shape index (κ1) is 15.2. The lowest BCUT2D eigenvalue weighted by molar-refractivity contribution is 0.102. The van der Waals surface area contributed by atoms with Crippen LogP contribution in [0.5, 0.6) is 0 Å². The fourth-order valence-corrected chi connectivity index (χ4v) is 2.49. The van der Waals surface area contributed by atoms with Gasteiger partial charge in [0.05, 0.1) is 11.6 Å². The summed E-state index contributed by atoms with van der Waals surface area (Å²) in [5.74, 6) is 5.64. The van der Waals surface area contributed by atoms with Crippen LogP contribution in [0.4, 0.5) is 5.69 Å². The van der Waals surface area contributed by atoms with Crippen molar-refractivity contribution in [1.29, 1.82) is 0 Å². The molecule has 0 aliphatic heterocycles. The van der Waals surface area contributed by atoms with Gasteiger partial charge in [0.2, 0.25) is 0 Å². The van der Waals surface area contributed by atoms with Crippen LogP contribution in [0, 0.1) is 18.8 Å². The van der Waals surface area contributed by atoms with Crippen molar-refractivity contribution in [3.8, 4) is 11.8 Å². The molecule has 0 saturated heterocycles. The van der Waals surface area contributed by atoms with Gasteiger partial charge in [0.1, 0.15) is 5.69 Å². The van der Waals surface area contributed by atoms with E-state index in [0.29, 0.717) is 12.2 Å². The minimum absolute atomic E-state index is 0.185. The molecule has 0 fully saturated rings. The van der Waals surface area contributed by atoms with Gasteiger partial charge in [0.25, 0.3) is 5.91 Å². The zero-order valence-electron chi connectivity index (χ0n) is 12.1. The molecule has 2 aromatic rings. The summed E-state index contributed by atoms with van der Waals surface area (Å²) in [4.78, 5) is 16.3. The number of hydrogen-bond donors (Lipinski definition) is 2. The molecule has 4 nitrogen and oxygen atoms in total. The fourth-order valence-electron chi connectivity index (χ4n) is 1.89. The highest BCUT2D eigenvalue weighted by Gasteiger charge is 2.11. The van der Waals surface area contributed by atoms with Crippen molar-refractivity contribution in [2.24, 2.45) is 5.73 Å². The number of aromatic nitrogens is 1. The first-order valence-corrected chi connectivity index (χ1v) is 7.57. The van der Waals surface area contributed by atoms with Crippen LogP contribution in [0.2, 0.25) is 0 Å². The summed E-state index contributed by atoms with van der Waals surface area (Å²) in [6.07, 6.45) is 0.809. The third-order valence-corrected chi connectivity index (χ3v) is 3.69. The highest BCUT2D eigenvalue weighted by molar-refractivity contribution is 7.09. The first-order chi connectivity index (χ1) is 10.1. The predicted octanol–water partition coefficient (Wildman–Crippen LogP) is 2.58. The SMILES string of the molecule is CCc1cc(C#CCN)ccc1NC(=O)c1csc(C)n1. The number of amides is 1. The Labute approximate surface area is 128 Å². The van der Waals surface area contributed by atoms with Gasteiger partial charge in [0, 0.05) is 16.6 Å². The monoisotopic (exact) mass is 299 g/mol. The van der Waals surface area contributed by atoms with Crippen LogP contribution in [-0.4, -0.2) is 17.4 Å². The van der Waals surface area contributed by atoms with Crippen LogP contribution in [0.15, 0.2) is 23.6 Å². The number of hydrogen-bond acceptors (Lipinski definition) is 4. The van der Waals surface area contributed by atoms with Crippen LogP contribution in [0.1, 0.15) is 33.5 Å². The maximum Gasteiger partial charge on any atom is 0.275 e. The number of benzene rings is 1. The summed E-state index contributed by atoms with van der Waals surface area (Å²) in [5, 5.41) is 5.55. The average molecular weight is 299 g/mol. The molecule has 0 spiro atoms. The quantitative estimate of drug-likeness (QED) is 0.856. The molecule has 1 amide bonds. The minimum Gasteiger partial charge on any atom is -0.320 e. The van der Waals surface area contributed by atoms with E-state index in [4.69, 9.17) is 5.73 Å². The second kappa shape index (κ2) is 7.02. The van der Waals surface area contributed by atoms with E-state index >= 15 is 0 Å². The van der Waals surface area contributed by atoms with E-state index in [2.05, 4.69) is 22.1 Å². The number of nitrogens with zero attached hydrogens (tertiary/aromatic N) is 1. The Balaban J connectivity index is 2.21. The van der Waals surface area contributed by atoms with E-state index in [1.807, 2.05) is 32.0 Å². The molecule has 3 N–H and O–H groups in total. The number of nitrogens with two attached hydrogens (primary N) is 1. The second-order valence-electron chi connectivity index (χ2n) is 4.44. The van der Waals surface area contributed by atoms with E-state index in [1.165, 1.54) is 11.3 Å². The zero-order valence-corrected chi connectivity index (χ0v) is 12.9. The van der Waals surface area contributed by atoms with Crippen molar-refractivity contribution in [1.82, 2.24) is 4.98 Å². The lowest BCUT2D eigenvalue weighted by Crippen LogP contribution is -2.13. The maximum atomic E-state index is 12.1. The van der Waals surface area contributed by atoms with Crippen LogP contribution in [0.3, 0.4) is 0 Å². The zero-order chi connectivity index (χ0) is 15.2. The van der Waals surface area contributed by atoms with Crippen molar-refractivity contribution in [3.63, 3.8) is 0 Å². The molecule has 21 heavy (non-hydrogen) atoms. The Morgan fingerprint density at radius 3 is 2.90 bits per heavy atom. The summed E-state index contributed by atoms with van der Waals surface area (Å²) in [6.45, 7) is 4.26. The van der Waals surface area contributed by atoms with Crippen LogP contribution >= 0.6 is 11.3 Å². The van der Waals surface area contributed by atoms with Crippen molar-refractivity contribution in [3.05, 3.63) is 45.4 Å². The van der Waals surface area contributed by atoms with E-state index in [9.17, 15) is 4.79 Å². The van der Waals surface area contributed by atoms with Crippen molar-refractivity contribution >= 4 is 22.9 Å². The Kier molecular flexibility index (Phi) is 5.09. The number of thiazole rings is 1. The number of aryl methyl sites for hydroxylation is 2. The van der Waals surface area contributed by atoms with Crippen LogP contribution in [-0.2, 0) is 6.42 Å². The number of rotatable bonds is 3. The molecule has 1 aromatic heterocycles. The van der Waals surface area contributed by atoms with Crippen LogP contribution < -0.4 is 11.1 Å². The number of nitrogens with one attached hydrogen (secondary N) is 1. The average Bonchev–Trinajstić information content (AvgIpc) is 2.92. The maximum absolute atomic E-state index is 12.1. The lowest BCUT2D eigenvalue weighted by atomic mass is 10.1. The van der Waals surface area contributed by atoms with Crippen LogP contribution in [0.25, 0.3) is 0 Å². The summed E-state index contributed by atoms with van der Waals surface area (Å²) in [6, 6.07) is 5.73. The van der Waals surface area contributed by atoms with Gasteiger partial charge in [-0.05, 0) is 37.1 Å². The fraction of sp³-hybridized carbons (Fsp3) is 0.250. The summed E-state index contributed by atoms with van der Waals surface area (Å²) >= 11 is 1.46. The number of carbonyl (C=O) groups is 1. The lowest BCUT2D eigenvalue weighted by Gasteiger charge is -2.09. The molecule has 1 heterocycles. The van der Waals surface area contributed by atoms with Gasteiger partial charge in [-0.15, -0.1) is 11.3 Å². The molecule has 0 radical (unpaired) electrons. The van der Waals surface area contributed by atoms with E-state index in [0.717, 1.165) is 28.2 Å². The van der Waals surface area contributed by atoms with E-state index < -0.39 is 0 Å². The number of carbonyl (C=O) groups excluding carboxylic acids is 1. The highest BCUT2D eigenvalue weighted by Crippen LogP contribution is 2.19. The van der Waals surface area contributed by atoms with Gasteiger partial charge in [-0.25, -0.2) is 4.98 Å². The van der Waals surface area contributed by atoms with Gasteiger partial charge < -0.3 is 11.1 Å². The Morgan fingerprint density at radius 1 is 1.48 bits per heavy atom. The first-order valence-electron chi connectivity index (χ1n) is 6.69. The topological polar surface area (TPSA) is 68.0 Å². The molecule has 0 aliphatic carbocycles. The molecular weight excluding hydrogens is 282 g/mol. The largest absolute Gasteiger partial charge is 0.320 e. The molecule has 5 heteroatoms. The van der Waals surface area contributed by atoms with Gasteiger partial charge in [-0.3, -0.25) is 4.79 Å². The normalized spacial score (nSPS) is 9.86. The van der Waals surface area contributed by atoms with Gasteiger partial charge in [-0.2, -0.15) is 0 Å². The van der Waals surface area contributed by atoms with Gasteiger partial charge in [-0.1, -0.05) is 18.8 Å². The second-order valence-corrected chi connectivity index (χ2v) is 5.50. The predicted molar refractivity (Wildman–Crippen MR) is 86.6 cm³/mol. The highest BCUT2D eigenvalue weighted by atomic mass is 32.1. The summed E-state index contributed by atoms with van der Waals surface area (Å²) < 4.78 is 0. The summed E-state index contributed by atoms with van der Waals surface area (Å²) in [7, 11) is 0. The third-order valence-electron chi connectivity index (χ3n) is 2.92. The molecule has 1 aromatic carbocycles.